The third-order valence-corrected chi connectivity index (χ3v) is 11.0. The largest absolute Gasteiger partial charge is 0.432 e. The van der Waals surface area contributed by atoms with Gasteiger partial charge in [0.25, 0.3) is 0 Å². The Hall–Kier alpha value is -1.07. The van der Waals surface area contributed by atoms with Gasteiger partial charge in [-0.25, -0.2) is 0 Å². The van der Waals surface area contributed by atoms with Gasteiger partial charge < -0.3 is 40.1 Å². The fourth-order valence-electron chi connectivity index (χ4n) is 8.93. The molecule has 4 aliphatic carbocycles. The van der Waals surface area contributed by atoms with Crippen LogP contribution in [0.4, 0.5) is 0 Å². The molecule has 1 aliphatic heterocycles. The molecule has 1 saturated heterocycles. The van der Waals surface area contributed by atoms with E-state index in [-0.39, 0.29) is 11.8 Å². The van der Waals surface area contributed by atoms with Gasteiger partial charge in [-0.2, -0.15) is 0 Å². The first-order chi connectivity index (χ1) is 16.4. The summed E-state index contributed by atoms with van der Waals surface area (Å²) in [4.78, 5) is 13.7. The smallest absolute Gasteiger partial charge is 0.314 e. The second-order valence-electron chi connectivity index (χ2n) is 12.3. The summed E-state index contributed by atoms with van der Waals surface area (Å²) >= 11 is 0. The van der Waals surface area contributed by atoms with Crippen LogP contribution in [0.5, 0.6) is 0 Å². The van der Waals surface area contributed by atoms with Gasteiger partial charge >= 0.3 is 5.97 Å². The Morgan fingerprint density at radius 1 is 1.06 bits per heavy atom. The Kier molecular flexibility index (Phi) is 6.00. The zero-order valence-electron chi connectivity index (χ0n) is 20.6. The van der Waals surface area contributed by atoms with Gasteiger partial charge in [0, 0.05) is 10.8 Å². The van der Waals surface area contributed by atoms with Crippen LogP contribution >= 0.6 is 0 Å². The zero-order chi connectivity index (χ0) is 25.6. The van der Waals surface area contributed by atoms with Gasteiger partial charge in [0.05, 0.1) is 23.7 Å². The number of carbonyl (C=O) groups excluding carboxylic acids is 1. The van der Waals surface area contributed by atoms with Gasteiger partial charge in [-0.3, -0.25) is 4.79 Å². The lowest BCUT2D eigenvalue weighted by molar-refractivity contribution is -0.303. The molecule has 6 N–H and O–H groups in total. The fourth-order valence-corrected chi connectivity index (χ4v) is 8.93. The van der Waals surface area contributed by atoms with Crippen molar-refractivity contribution in [3.8, 4) is 0 Å². The molecule has 9 nitrogen and oxygen atoms in total. The highest BCUT2D eigenvalue weighted by atomic mass is 16.7. The van der Waals surface area contributed by atoms with Crippen molar-refractivity contribution < 1.29 is 44.9 Å². The molecule has 1 heterocycles. The number of carbonyl (C=O) groups is 1. The average Bonchev–Trinajstić information content (AvgIpc) is 3.03. The minimum absolute atomic E-state index is 0.219. The molecular formula is C26H40O9. The molecule has 0 amide bonds. The number of aliphatic hydroxyl groups is 6. The van der Waals surface area contributed by atoms with E-state index in [1.807, 2.05) is 13.8 Å². The first-order valence-electron chi connectivity index (χ1n) is 13.0. The number of aliphatic hydroxyl groups excluding tert-OH is 5. The van der Waals surface area contributed by atoms with Crippen LogP contribution in [-0.2, 0) is 14.3 Å². The Labute approximate surface area is 205 Å². The van der Waals surface area contributed by atoms with Crippen molar-refractivity contribution in [2.45, 2.75) is 108 Å². The molecule has 5 fully saturated rings. The lowest BCUT2D eigenvalue weighted by atomic mass is 9.38. The van der Waals surface area contributed by atoms with Crippen LogP contribution in [0.2, 0.25) is 0 Å². The predicted molar refractivity (Wildman–Crippen MR) is 123 cm³/mol. The molecule has 2 bridgehead atoms. The minimum atomic E-state index is -1.66. The lowest BCUT2D eigenvalue weighted by Gasteiger charge is -2.68. The van der Waals surface area contributed by atoms with E-state index in [1.54, 1.807) is 0 Å². The van der Waals surface area contributed by atoms with Crippen molar-refractivity contribution in [2.75, 3.05) is 6.61 Å². The van der Waals surface area contributed by atoms with E-state index < -0.39 is 71.2 Å². The maximum Gasteiger partial charge on any atom is 0.314 e. The highest BCUT2D eigenvalue weighted by Crippen LogP contribution is 2.73. The molecule has 12 atom stereocenters. The van der Waals surface area contributed by atoms with E-state index in [0.717, 1.165) is 24.8 Å². The van der Waals surface area contributed by atoms with Crippen LogP contribution < -0.4 is 0 Å². The summed E-state index contributed by atoms with van der Waals surface area (Å²) in [6, 6.07) is 0. The van der Waals surface area contributed by atoms with Gasteiger partial charge in [-0.1, -0.05) is 19.9 Å². The van der Waals surface area contributed by atoms with Crippen molar-refractivity contribution in [2.24, 2.45) is 28.1 Å². The highest BCUT2D eigenvalue weighted by molar-refractivity contribution is 5.77. The van der Waals surface area contributed by atoms with Crippen LogP contribution in [0.25, 0.3) is 0 Å². The van der Waals surface area contributed by atoms with Crippen molar-refractivity contribution in [3.05, 3.63) is 12.2 Å². The quantitative estimate of drug-likeness (QED) is 0.240. The van der Waals surface area contributed by atoms with E-state index in [4.69, 9.17) is 9.47 Å². The van der Waals surface area contributed by atoms with Crippen molar-refractivity contribution in [1.29, 1.82) is 0 Å². The third kappa shape index (κ3) is 3.15. The Bertz CT molecular complexity index is 892. The number of hydrogen-bond donors (Lipinski definition) is 6. The average molecular weight is 497 g/mol. The normalized spacial score (nSPS) is 55.7. The molecule has 0 aromatic carbocycles. The summed E-state index contributed by atoms with van der Waals surface area (Å²) in [5.74, 6) is -0.603. The van der Waals surface area contributed by atoms with Crippen LogP contribution in [-0.4, -0.2) is 85.6 Å². The van der Waals surface area contributed by atoms with E-state index in [0.29, 0.717) is 32.1 Å². The van der Waals surface area contributed by atoms with Crippen LogP contribution in [0, 0.1) is 28.1 Å². The van der Waals surface area contributed by atoms with Crippen molar-refractivity contribution in [1.82, 2.24) is 0 Å². The monoisotopic (exact) mass is 496 g/mol. The molecule has 5 rings (SSSR count). The number of esters is 1. The fraction of sp³-hybridized carbons (Fsp3) is 0.885. The second kappa shape index (κ2) is 8.21. The predicted octanol–water partition coefficient (Wildman–Crippen LogP) is 0.384. The maximum atomic E-state index is 13.7. The Morgan fingerprint density at radius 2 is 1.77 bits per heavy atom. The molecule has 0 unspecified atom stereocenters. The third-order valence-electron chi connectivity index (χ3n) is 11.0. The summed E-state index contributed by atoms with van der Waals surface area (Å²) in [7, 11) is 0. The summed E-state index contributed by atoms with van der Waals surface area (Å²) in [5, 5.41) is 63.6. The van der Waals surface area contributed by atoms with E-state index in [2.05, 4.69) is 6.58 Å². The van der Waals surface area contributed by atoms with Gasteiger partial charge in [0.1, 0.15) is 24.4 Å². The second-order valence-corrected chi connectivity index (χ2v) is 12.3. The minimum Gasteiger partial charge on any atom is -0.432 e. The molecule has 0 aromatic rings. The van der Waals surface area contributed by atoms with Crippen LogP contribution in [0.1, 0.15) is 65.2 Å². The number of ether oxygens (including phenoxy) is 2. The molecule has 9 heteroatoms. The molecule has 0 aromatic heterocycles. The van der Waals surface area contributed by atoms with E-state index in [9.17, 15) is 35.4 Å². The maximum absolute atomic E-state index is 13.7. The summed E-state index contributed by atoms with van der Waals surface area (Å²) in [5.41, 5.74) is -2.60. The highest BCUT2D eigenvalue weighted by Gasteiger charge is 2.75. The zero-order valence-corrected chi connectivity index (χ0v) is 20.6. The van der Waals surface area contributed by atoms with Gasteiger partial charge in [-0.15, -0.1) is 0 Å². The lowest BCUT2D eigenvalue weighted by Crippen LogP contribution is -2.71. The van der Waals surface area contributed by atoms with Crippen molar-refractivity contribution >= 4 is 5.97 Å². The number of fused-ring (bicyclic) bond motifs is 3. The molecule has 4 saturated carbocycles. The van der Waals surface area contributed by atoms with E-state index >= 15 is 0 Å². The van der Waals surface area contributed by atoms with Crippen molar-refractivity contribution in [3.63, 3.8) is 0 Å². The standard InChI is InChI=1S/C26H40O9/c1-13-14-5-10-26(33)24(3)8-4-7-23(2,16(24)6-9-25(26,11-14)20(13)31)22(32)35-21-19(30)18(29)17(28)15(12-27)34-21/h14-21,27-31,33H,1,4-12H2,2-3H3/t14-,15+,16+,17-,18+,19+,20-,21-,23+,24+,25-,26+/m0/s1. The summed E-state index contributed by atoms with van der Waals surface area (Å²) in [6.07, 6.45) is -3.08. The molecule has 0 radical (unpaired) electrons. The summed E-state index contributed by atoms with van der Waals surface area (Å²) in [6.45, 7) is 7.41. The molecule has 5 aliphatic rings. The summed E-state index contributed by atoms with van der Waals surface area (Å²) < 4.78 is 11.0. The van der Waals surface area contributed by atoms with Gasteiger partial charge in [-0.05, 0) is 69.3 Å². The van der Waals surface area contributed by atoms with Gasteiger partial charge in [0.2, 0.25) is 6.29 Å². The Balaban J connectivity index is 1.43. The molecular weight excluding hydrogens is 456 g/mol. The topological polar surface area (TPSA) is 157 Å². The molecule has 198 valence electrons. The Morgan fingerprint density at radius 3 is 2.46 bits per heavy atom. The number of rotatable bonds is 3. The van der Waals surface area contributed by atoms with Crippen LogP contribution in [0.3, 0.4) is 0 Å². The first-order valence-corrected chi connectivity index (χ1v) is 13.0. The van der Waals surface area contributed by atoms with Gasteiger partial charge in [0.15, 0.2) is 0 Å². The molecule has 1 spiro atoms. The molecule has 35 heavy (non-hydrogen) atoms. The van der Waals surface area contributed by atoms with Crippen LogP contribution in [0.15, 0.2) is 12.2 Å². The number of hydrogen-bond acceptors (Lipinski definition) is 9. The first kappa shape index (κ1) is 25.6. The SMILES string of the molecule is C=C1[C@H]2CC[C@]3(O)[C@@](CC[C@@H]4[C@](C)(C(=O)O[C@@H]5O[C@H](CO)[C@H](O)[C@@H](O)[C@H]5O)CCC[C@]43C)(C2)[C@H]1O. The van der Waals surface area contributed by atoms with E-state index in [1.165, 1.54) is 0 Å².